The van der Waals surface area contributed by atoms with Crippen LogP contribution in [0, 0.1) is 0 Å². The van der Waals surface area contributed by atoms with Gasteiger partial charge in [0, 0.05) is 18.5 Å². The van der Waals surface area contributed by atoms with Crippen LogP contribution in [0.3, 0.4) is 0 Å². The van der Waals surface area contributed by atoms with Gasteiger partial charge in [-0.3, -0.25) is 4.79 Å². The zero-order valence-electron chi connectivity index (χ0n) is 9.51. The first kappa shape index (κ1) is 10.5. The van der Waals surface area contributed by atoms with Crippen molar-refractivity contribution in [1.82, 2.24) is 9.69 Å². The van der Waals surface area contributed by atoms with Crippen molar-refractivity contribution in [3.05, 3.63) is 24.3 Å². The van der Waals surface area contributed by atoms with Crippen LogP contribution in [0.2, 0.25) is 0 Å². The lowest BCUT2D eigenvalue weighted by atomic mass is 10.2. The molecule has 1 aliphatic rings. The molecule has 1 saturated heterocycles. The van der Waals surface area contributed by atoms with Gasteiger partial charge in [0.25, 0.3) is 0 Å². The molecule has 2 aromatic rings. The topological polar surface area (TPSA) is 45.2 Å². The Morgan fingerprint density at radius 2 is 2.29 bits per heavy atom. The van der Waals surface area contributed by atoms with Crippen LogP contribution >= 0.6 is 11.5 Å². The number of aromatic nitrogens is 1. The molecule has 1 aromatic carbocycles. The molecule has 0 aliphatic carbocycles. The minimum absolute atomic E-state index is 0.0772. The van der Waals surface area contributed by atoms with Crippen LogP contribution in [0.1, 0.15) is 6.92 Å². The Bertz CT molecular complexity index is 566. The number of nitrogens with one attached hydrogen (secondary N) is 1. The fraction of sp³-hybridized carbons (Fsp3) is 0.333. The smallest absolute Gasteiger partial charge is 0.242 e. The lowest BCUT2D eigenvalue weighted by Crippen LogP contribution is -2.54. The molecule has 0 bridgehead atoms. The van der Waals surface area contributed by atoms with Gasteiger partial charge in [-0.1, -0.05) is 12.1 Å². The van der Waals surface area contributed by atoms with Crippen LogP contribution in [0.15, 0.2) is 24.3 Å². The van der Waals surface area contributed by atoms with E-state index < -0.39 is 0 Å². The number of fused-ring (bicyclic) bond motifs is 1. The Hall–Kier alpha value is -1.62. The third kappa shape index (κ3) is 1.67. The van der Waals surface area contributed by atoms with Crippen molar-refractivity contribution in [2.24, 2.45) is 0 Å². The zero-order valence-corrected chi connectivity index (χ0v) is 10.3. The van der Waals surface area contributed by atoms with Crippen molar-refractivity contribution in [3.63, 3.8) is 0 Å². The second-order valence-electron chi connectivity index (χ2n) is 4.16. The Labute approximate surface area is 103 Å². The number of carbonyl (C=O) groups is 1. The SMILES string of the molecule is CC1C(=O)NCCN1c1nsc2ccccc12. The van der Waals surface area contributed by atoms with E-state index in [1.165, 1.54) is 16.2 Å². The molecule has 1 aliphatic heterocycles. The first-order valence-corrected chi connectivity index (χ1v) is 6.43. The summed E-state index contributed by atoms with van der Waals surface area (Å²) in [4.78, 5) is 13.7. The van der Waals surface area contributed by atoms with Gasteiger partial charge in [0.15, 0.2) is 5.82 Å². The summed E-state index contributed by atoms with van der Waals surface area (Å²) in [5.74, 6) is 1.02. The van der Waals surface area contributed by atoms with Crippen LogP contribution in [0.25, 0.3) is 10.1 Å². The Morgan fingerprint density at radius 3 is 3.18 bits per heavy atom. The third-order valence-electron chi connectivity index (χ3n) is 3.13. The summed E-state index contributed by atoms with van der Waals surface area (Å²) >= 11 is 1.49. The molecule has 1 fully saturated rings. The van der Waals surface area contributed by atoms with Gasteiger partial charge in [0.05, 0.1) is 4.70 Å². The summed E-state index contributed by atoms with van der Waals surface area (Å²) in [6.07, 6.45) is 0. The second kappa shape index (κ2) is 4.00. The van der Waals surface area contributed by atoms with Crippen molar-refractivity contribution in [1.29, 1.82) is 0 Å². The van der Waals surface area contributed by atoms with Gasteiger partial charge in [0.2, 0.25) is 5.91 Å². The number of hydrogen-bond donors (Lipinski definition) is 1. The number of amides is 1. The number of piperazine rings is 1. The number of nitrogens with zero attached hydrogens (tertiary/aromatic N) is 2. The average molecular weight is 247 g/mol. The summed E-state index contributed by atoms with van der Waals surface area (Å²) in [6.45, 7) is 3.43. The maximum absolute atomic E-state index is 11.7. The molecule has 1 N–H and O–H groups in total. The highest BCUT2D eigenvalue weighted by Gasteiger charge is 2.28. The van der Waals surface area contributed by atoms with E-state index in [2.05, 4.69) is 26.7 Å². The fourth-order valence-electron chi connectivity index (χ4n) is 2.15. The van der Waals surface area contributed by atoms with E-state index >= 15 is 0 Å². The summed E-state index contributed by atoms with van der Waals surface area (Å²) in [7, 11) is 0. The predicted octanol–water partition coefficient (Wildman–Crippen LogP) is 1.62. The Balaban J connectivity index is 2.06. The van der Waals surface area contributed by atoms with E-state index in [9.17, 15) is 4.79 Å². The Kier molecular flexibility index (Phi) is 2.48. The lowest BCUT2D eigenvalue weighted by Gasteiger charge is -2.33. The van der Waals surface area contributed by atoms with E-state index in [4.69, 9.17) is 0 Å². The quantitative estimate of drug-likeness (QED) is 0.833. The standard InChI is InChI=1S/C12H13N3OS/c1-8-12(16)13-6-7-15(8)11-9-4-2-3-5-10(9)17-14-11/h2-5,8H,6-7H2,1H3,(H,13,16). The fourth-order valence-corrected chi connectivity index (χ4v) is 2.94. The maximum Gasteiger partial charge on any atom is 0.242 e. The van der Waals surface area contributed by atoms with E-state index in [1.807, 2.05) is 19.1 Å². The van der Waals surface area contributed by atoms with E-state index in [1.54, 1.807) is 0 Å². The van der Waals surface area contributed by atoms with E-state index in [0.29, 0.717) is 6.54 Å². The Morgan fingerprint density at radius 1 is 1.47 bits per heavy atom. The van der Waals surface area contributed by atoms with Crippen LogP contribution in [0.4, 0.5) is 5.82 Å². The molecule has 3 rings (SSSR count). The van der Waals surface area contributed by atoms with Gasteiger partial charge >= 0.3 is 0 Å². The van der Waals surface area contributed by atoms with Gasteiger partial charge in [-0.25, -0.2) is 0 Å². The first-order valence-electron chi connectivity index (χ1n) is 5.66. The highest BCUT2D eigenvalue weighted by Crippen LogP contribution is 2.30. The van der Waals surface area contributed by atoms with Gasteiger partial charge in [-0.2, -0.15) is 4.37 Å². The van der Waals surface area contributed by atoms with Crippen molar-refractivity contribution in [2.75, 3.05) is 18.0 Å². The van der Waals surface area contributed by atoms with Crippen LogP contribution in [0.5, 0.6) is 0 Å². The maximum atomic E-state index is 11.7. The van der Waals surface area contributed by atoms with E-state index in [0.717, 1.165) is 17.7 Å². The molecule has 0 spiro atoms. The van der Waals surface area contributed by atoms with Crippen LogP contribution in [-0.2, 0) is 4.79 Å². The predicted molar refractivity (Wildman–Crippen MR) is 69.4 cm³/mol. The van der Waals surface area contributed by atoms with Gasteiger partial charge < -0.3 is 10.2 Å². The molecular formula is C12H13N3OS. The molecule has 2 heterocycles. The normalized spacial score (nSPS) is 20.6. The second-order valence-corrected chi connectivity index (χ2v) is 4.97. The molecule has 17 heavy (non-hydrogen) atoms. The van der Waals surface area contributed by atoms with Crippen molar-refractivity contribution in [2.45, 2.75) is 13.0 Å². The summed E-state index contributed by atoms with van der Waals surface area (Å²) in [5.41, 5.74) is 0. The van der Waals surface area contributed by atoms with Gasteiger partial charge in [0.1, 0.15) is 6.04 Å². The van der Waals surface area contributed by atoms with Crippen molar-refractivity contribution in [3.8, 4) is 0 Å². The van der Waals surface area contributed by atoms with Gasteiger partial charge in [-0.05, 0) is 30.6 Å². The zero-order chi connectivity index (χ0) is 11.8. The first-order chi connectivity index (χ1) is 8.27. The summed E-state index contributed by atoms with van der Waals surface area (Å²) in [6, 6.07) is 8.00. The highest BCUT2D eigenvalue weighted by molar-refractivity contribution is 7.13. The van der Waals surface area contributed by atoms with Crippen molar-refractivity contribution >= 4 is 33.3 Å². The number of carbonyl (C=O) groups excluding carboxylic acids is 1. The number of hydrogen-bond acceptors (Lipinski definition) is 4. The minimum atomic E-state index is -0.144. The van der Waals surface area contributed by atoms with E-state index in [-0.39, 0.29) is 11.9 Å². The molecule has 1 amide bonds. The third-order valence-corrected chi connectivity index (χ3v) is 3.95. The lowest BCUT2D eigenvalue weighted by molar-refractivity contribution is -0.122. The summed E-state index contributed by atoms with van der Waals surface area (Å²) in [5, 5.41) is 4.00. The molecular weight excluding hydrogens is 234 g/mol. The molecule has 1 unspecified atom stereocenters. The molecule has 1 atom stereocenters. The summed E-state index contributed by atoms with van der Waals surface area (Å²) < 4.78 is 5.66. The molecule has 0 saturated carbocycles. The average Bonchev–Trinajstić information content (AvgIpc) is 2.77. The van der Waals surface area contributed by atoms with Crippen molar-refractivity contribution < 1.29 is 4.79 Å². The molecule has 88 valence electrons. The molecule has 1 aromatic heterocycles. The number of rotatable bonds is 1. The minimum Gasteiger partial charge on any atom is -0.353 e. The van der Waals surface area contributed by atoms with Crippen LogP contribution < -0.4 is 10.2 Å². The number of anilines is 1. The monoisotopic (exact) mass is 247 g/mol. The largest absolute Gasteiger partial charge is 0.353 e. The highest BCUT2D eigenvalue weighted by atomic mass is 32.1. The molecule has 0 radical (unpaired) electrons. The molecule has 5 heteroatoms. The number of benzene rings is 1. The van der Waals surface area contributed by atoms with Crippen LogP contribution in [-0.4, -0.2) is 29.4 Å². The molecule has 4 nitrogen and oxygen atoms in total. The van der Waals surface area contributed by atoms with Gasteiger partial charge in [-0.15, -0.1) is 0 Å².